The van der Waals surface area contributed by atoms with E-state index in [1.54, 1.807) is 0 Å². The minimum Gasteiger partial charge on any atom is -0.378 e. The summed E-state index contributed by atoms with van der Waals surface area (Å²) in [6, 6.07) is 4.09. The molecule has 0 amide bonds. The zero-order chi connectivity index (χ0) is 12.5. The molecule has 0 saturated heterocycles. The van der Waals surface area contributed by atoms with Crippen LogP contribution in [0.4, 0.5) is 0 Å². The van der Waals surface area contributed by atoms with Gasteiger partial charge in [0.05, 0.1) is 6.10 Å². The Hall–Kier alpha value is -0.930. The fraction of sp³-hybridized carbons (Fsp3) is 0.667. The molecular formula is C15H24N2O. The number of rotatable bonds is 7. The lowest BCUT2D eigenvalue weighted by molar-refractivity contribution is 0.0273. The Morgan fingerprint density at radius 1 is 1.17 bits per heavy atom. The molecule has 1 fully saturated rings. The Morgan fingerprint density at radius 3 is 2.72 bits per heavy atom. The standard InChI is InChI=1S/C15H24N2O/c1-2-5-15(6-3-1)18-12-4-9-17-13-14-7-10-16-11-8-14/h7-8,10-11,15,17H,1-6,9,12-13H2. The minimum absolute atomic E-state index is 0.541. The third-order valence-corrected chi connectivity index (χ3v) is 3.48. The number of ether oxygens (including phenoxy) is 1. The van der Waals surface area contributed by atoms with Crippen molar-refractivity contribution in [3.05, 3.63) is 30.1 Å². The van der Waals surface area contributed by atoms with E-state index in [4.69, 9.17) is 4.74 Å². The molecule has 0 atom stereocenters. The van der Waals surface area contributed by atoms with Crippen molar-refractivity contribution >= 4 is 0 Å². The molecule has 3 nitrogen and oxygen atoms in total. The van der Waals surface area contributed by atoms with Crippen molar-refractivity contribution in [2.24, 2.45) is 0 Å². The quantitative estimate of drug-likeness (QED) is 0.753. The lowest BCUT2D eigenvalue weighted by Gasteiger charge is -2.21. The van der Waals surface area contributed by atoms with Gasteiger partial charge in [-0.05, 0) is 43.5 Å². The molecule has 1 heterocycles. The highest BCUT2D eigenvalue weighted by atomic mass is 16.5. The molecule has 2 rings (SSSR count). The largest absolute Gasteiger partial charge is 0.378 e. The third-order valence-electron chi connectivity index (χ3n) is 3.48. The normalized spacial score (nSPS) is 16.9. The summed E-state index contributed by atoms with van der Waals surface area (Å²) in [5, 5.41) is 3.43. The molecule has 3 heteroatoms. The van der Waals surface area contributed by atoms with Gasteiger partial charge in [0.15, 0.2) is 0 Å². The molecule has 100 valence electrons. The first-order valence-corrected chi connectivity index (χ1v) is 7.16. The van der Waals surface area contributed by atoms with Crippen molar-refractivity contribution < 1.29 is 4.74 Å². The van der Waals surface area contributed by atoms with Crippen LogP contribution in [-0.4, -0.2) is 24.2 Å². The maximum Gasteiger partial charge on any atom is 0.0575 e. The highest BCUT2D eigenvalue weighted by molar-refractivity contribution is 5.08. The molecule has 0 aliphatic heterocycles. The summed E-state index contributed by atoms with van der Waals surface area (Å²) in [6.07, 6.45) is 11.9. The third kappa shape index (κ3) is 5.15. The van der Waals surface area contributed by atoms with Gasteiger partial charge in [-0.1, -0.05) is 19.3 Å². The highest BCUT2D eigenvalue weighted by Gasteiger charge is 2.12. The zero-order valence-electron chi connectivity index (χ0n) is 11.1. The first-order chi connectivity index (χ1) is 8.95. The predicted molar refractivity (Wildman–Crippen MR) is 73.4 cm³/mol. The van der Waals surface area contributed by atoms with Crippen LogP contribution in [-0.2, 0) is 11.3 Å². The van der Waals surface area contributed by atoms with Gasteiger partial charge in [-0.15, -0.1) is 0 Å². The van der Waals surface area contributed by atoms with Crippen LogP contribution in [0.3, 0.4) is 0 Å². The Bertz CT molecular complexity index is 310. The van der Waals surface area contributed by atoms with Gasteiger partial charge >= 0.3 is 0 Å². The van der Waals surface area contributed by atoms with Crippen LogP contribution in [0.1, 0.15) is 44.1 Å². The zero-order valence-corrected chi connectivity index (χ0v) is 11.1. The van der Waals surface area contributed by atoms with E-state index >= 15 is 0 Å². The molecule has 0 spiro atoms. The van der Waals surface area contributed by atoms with E-state index in [1.807, 2.05) is 24.5 Å². The summed E-state index contributed by atoms with van der Waals surface area (Å²) in [6.45, 7) is 2.84. The topological polar surface area (TPSA) is 34.1 Å². The van der Waals surface area contributed by atoms with Gasteiger partial charge in [-0.25, -0.2) is 0 Å². The summed E-state index contributed by atoms with van der Waals surface area (Å²) >= 11 is 0. The summed E-state index contributed by atoms with van der Waals surface area (Å²) in [4.78, 5) is 4.01. The van der Waals surface area contributed by atoms with Crippen LogP contribution >= 0.6 is 0 Å². The lowest BCUT2D eigenvalue weighted by atomic mass is 9.98. The van der Waals surface area contributed by atoms with Crippen molar-refractivity contribution in [3.8, 4) is 0 Å². The average molecular weight is 248 g/mol. The molecular weight excluding hydrogens is 224 g/mol. The van der Waals surface area contributed by atoms with Gasteiger partial charge in [0.1, 0.15) is 0 Å². The summed E-state index contributed by atoms with van der Waals surface area (Å²) in [7, 11) is 0. The van der Waals surface area contributed by atoms with Crippen molar-refractivity contribution in [2.75, 3.05) is 13.2 Å². The minimum atomic E-state index is 0.541. The van der Waals surface area contributed by atoms with E-state index in [1.165, 1.54) is 37.7 Å². The van der Waals surface area contributed by atoms with E-state index in [2.05, 4.69) is 10.3 Å². The van der Waals surface area contributed by atoms with E-state index in [0.29, 0.717) is 6.10 Å². The van der Waals surface area contributed by atoms with Crippen molar-refractivity contribution in [1.82, 2.24) is 10.3 Å². The van der Waals surface area contributed by atoms with Gasteiger partial charge < -0.3 is 10.1 Å². The monoisotopic (exact) mass is 248 g/mol. The first-order valence-electron chi connectivity index (χ1n) is 7.16. The molecule has 18 heavy (non-hydrogen) atoms. The SMILES string of the molecule is c1cc(CNCCCOC2CCCCC2)ccn1. The fourth-order valence-electron chi connectivity index (χ4n) is 2.41. The van der Waals surface area contributed by atoms with Crippen molar-refractivity contribution in [3.63, 3.8) is 0 Å². The maximum absolute atomic E-state index is 5.89. The van der Waals surface area contributed by atoms with Gasteiger partial charge in [0.25, 0.3) is 0 Å². The number of pyridine rings is 1. The maximum atomic E-state index is 5.89. The van der Waals surface area contributed by atoms with Gasteiger partial charge in [0.2, 0.25) is 0 Å². The predicted octanol–water partition coefficient (Wildman–Crippen LogP) is 2.91. The number of aromatic nitrogens is 1. The van der Waals surface area contributed by atoms with Crippen molar-refractivity contribution in [1.29, 1.82) is 0 Å². The molecule has 1 aliphatic carbocycles. The highest BCUT2D eigenvalue weighted by Crippen LogP contribution is 2.20. The lowest BCUT2D eigenvalue weighted by Crippen LogP contribution is -2.20. The van der Waals surface area contributed by atoms with Crippen LogP contribution in [0.2, 0.25) is 0 Å². The molecule has 1 aromatic rings. The Balaban J connectivity index is 1.46. The molecule has 1 saturated carbocycles. The number of hydrogen-bond acceptors (Lipinski definition) is 3. The van der Waals surface area contributed by atoms with Crippen LogP contribution in [0, 0.1) is 0 Å². The summed E-state index contributed by atoms with van der Waals surface area (Å²) < 4.78 is 5.89. The summed E-state index contributed by atoms with van der Waals surface area (Å²) in [5.41, 5.74) is 1.29. The average Bonchev–Trinajstić information content (AvgIpc) is 2.45. The van der Waals surface area contributed by atoms with E-state index in [9.17, 15) is 0 Å². The molecule has 0 bridgehead atoms. The number of hydrogen-bond donors (Lipinski definition) is 1. The Labute approximate surface area is 110 Å². The van der Waals surface area contributed by atoms with Crippen LogP contribution in [0.5, 0.6) is 0 Å². The summed E-state index contributed by atoms with van der Waals surface area (Å²) in [5.74, 6) is 0. The molecule has 1 aromatic heterocycles. The smallest absolute Gasteiger partial charge is 0.0575 e. The van der Waals surface area contributed by atoms with E-state index in [-0.39, 0.29) is 0 Å². The van der Waals surface area contributed by atoms with Crippen LogP contribution in [0.25, 0.3) is 0 Å². The molecule has 0 unspecified atom stereocenters. The van der Waals surface area contributed by atoms with Crippen LogP contribution in [0.15, 0.2) is 24.5 Å². The fourth-order valence-corrected chi connectivity index (χ4v) is 2.41. The van der Waals surface area contributed by atoms with Crippen LogP contribution < -0.4 is 5.32 Å². The van der Waals surface area contributed by atoms with Gasteiger partial charge in [-0.2, -0.15) is 0 Å². The van der Waals surface area contributed by atoms with Gasteiger partial charge in [0, 0.05) is 25.5 Å². The second-order valence-corrected chi connectivity index (χ2v) is 5.02. The molecule has 0 aromatic carbocycles. The van der Waals surface area contributed by atoms with E-state index < -0.39 is 0 Å². The van der Waals surface area contributed by atoms with Crippen molar-refractivity contribution in [2.45, 2.75) is 51.2 Å². The Kier molecular flexibility index (Phi) is 6.17. The Morgan fingerprint density at radius 2 is 1.94 bits per heavy atom. The number of nitrogens with zero attached hydrogens (tertiary/aromatic N) is 1. The molecule has 1 N–H and O–H groups in total. The number of nitrogens with one attached hydrogen (secondary N) is 1. The first kappa shape index (κ1) is 13.5. The molecule has 1 aliphatic rings. The van der Waals surface area contributed by atoms with Gasteiger partial charge in [-0.3, -0.25) is 4.98 Å². The second kappa shape index (κ2) is 8.22. The molecule has 0 radical (unpaired) electrons. The second-order valence-electron chi connectivity index (χ2n) is 5.02. The van der Waals surface area contributed by atoms with E-state index in [0.717, 1.165) is 26.1 Å².